The second kappa shape index (κ2) is 8.03. The van der Waals surface area contributed by atoms with Crippen LogP contribution >= 0.6 is 0 Å². The fraction of sp³-hybridized carbons (Fsp3) is 0.211. The number of benzene rings is 1. The Morgan fingerprint density at radius 1 is 1.26 bits per heavy atom. The van der Waals surface area contributed by atoms with Gasteiger partial charge in [0.15, 0.2) is 5.82 Å². The molecule has 31 heavy (non-hydrogen) atoms. The van der Waals surface area contributed by atoms with Crippen molar-refractivity contribution in [2.45, 2.75) is 0 Å². The average molecular weight is 447 g/mol. The van der Waals surface area contributed by atoms with E-state index in [1.165, 1.54) is 18.5 Å². The Hall–Kier alpha value is -3.40. The van der Waals surface area contributed by atoms with Crippen LogP contribution in [0.4, 0.5) is 14.5 Å². The zero-order chi connectivity index (χ0) is 22.2. The summed E-state index contributed by atoms with van der Waals surface area (Å²) < 4.78 is 62.9. The zero-order valence-corrected chi connectivity index (χ0v) is 16.7. The lowest BCUT2D eigenvalue weighted by Gasteiger charge is -2.26. The molecule has 1 aromatic carbocycles. The molecule has 1 fully saturated rings. The van der Waals surface area contributed by atoms with Crippen LogP contribution in [-0.2, 0) is 14.9 Å². The van der Waals surface area contributed by atoms with Gasteiger partial charge >= 0.3 is 10.2 Å². The number of carbonyl (C=O) groups excluding carboxylic acids is 1. The van der Waals surface area contributed by atoms with Crippen molar-refractivity contribution in [3.05, 3.63) is 58.9 Å². The molecule has 9 nitrogen and oxygen atoms in total. The van der Waals surface area contributed by atoms with Crippen LogP contribution in [0.2, 0.25) is 0 Å². The second-order valence-electron chi connectivity index (χ2n) is 6.63. The number of halogens is 2. The average Bonchev–Trinajstić information content (AvgIpc) is 3.21. The summed E-state index contributed by atoms with van der Waals surface area (Å²) in [4.78, 5) is 19.7. The van der Waals surface area contributed by atoms with Gasteiger partial charge in [0.1, 0.15) is 11.5 Å². The topological polar surface area (TPSA) is 128 Å². The Kier molecular flexibility index (Phi) is 5.40. The molecule has 160 valence electrons. The first-order valence-corrected chi connectivity index (χ1v) is 10.5. The predicted octanol–water partition coefficient (Wildman–Crippen LogP) is 1.93. The monoisotopic (exact) mass is 447 g/mol. The van der Waals surface area contributed by atoms with E-state index in [2.05, 4.69) is 14.7 Å². The number of nitrogens with zero attached hydrogens (tertiary/aromatic N) is 3. The van der Waals surface area contributed by atoms with Crippen molar-refractivity contribution in [2.75, 3.05) is 31.0 Å². The molecule has 2 N–H and O–H groups in total. The number of fused-ring (bicyclic) bond motifs is 1. The van der Waals surface area contributed by atoms with Crippen LogP contribution in [-0.4, -0.2) is 54.8 Å². The van der Waals surface area contributed by atoms with Crippen LogP contribution in [0.3, 0.4) is 0 Å². The standard InChI is InChI=1S/C19H15F2N5O4S/c20-13-1-2-14(25-31(28,29)26-5-7-30-8-6-26)17(21)16(13)18(27)12-10-24-19-15(12)11(9-22)3-4-23-19/h1-4,10,25H,5-8H2,(H,23,24). The second-order valence-corrected chi connectivity index (χ2v) is 8.30. The lowest BCUT2D eigenvalue weighted by molar-refractivity contribution is 0.0733. The Bertz CT molecular complexity index is 1330. The molecule has 0 unspecified atom stereocenters. The number of rotatable bonds is 5. The van der Waals surface area contributed by atoms with Crippen LogP contribution in [0.15, 0.2) is 30.6 Å². The smallest absolute Gasteiger partial charge is 0.301 e. The van der Waals surface area contributed by atoms with Crippen molar-refractivity contribution in [2.24, 2.45) is 0 Å². The minimum absolute atomic E-state index is 0.0726. The van der Waals surface area contributed by atoms with Gasteiger partial charge in [-0.15, -0.1) is 0 Å². The van der Waals surface area contributed by atoms with E-state index in [1.54, 1.807) is 0 Å². The number of nitriles is 1. The highest BCUT2D eigenvalue weighted by atomic mass is 32.2. The fourth-order valence-corrected chi connectivity index (χ4v) is 4.49. The van der Waals surface area contributed by atoms with Crippen LogP contribution in [0.25, 0.3) is 11.0 Å². The molecule has 4 rings (SSSR count). The normalized spacial score (nSPS) is 15.0. The van der Waals surface area contributed by atoms with Gasteiger partial charge < -0.3 is 9.72 Å². The van der Waals surface area contributed by atoms with E-state index in [1.807, 2.05) is 6.07 Å². The number of pyridine rings is 1. The van der Waals surface area contributed by atoms with Gasteiger partial charge in [-0.1, -0.05) is 0 Å². The molecule has 2 aromatic heterocycles. The number of carbonyl (C=O) groups is 1. The number of ether oxygens (including phenoxy) is 1. The quantitative estimate of drug-likeness (QED) is 0.575. The van der Waals surface area contributed by atoms with Gasteiger partial charge in [-0.2, -0.15) is 18.0 Å². The van der Waals surface area contributed by atoms with E-state index in [0.717, 1.165) is 16.4 Å². The van der Waals surface area contributed by atoms with Crippen molar-refractivity contribution in [1.82, 2.24) is 14.3 Å². The Labute approximate surface area is 175 Å². The van der Waals surface area contributed by atoms with Crippen molar-refractivity contribution < 1.29 is 26.7 Å². The third-order valence-corrected chi connectivity index (χ3v) is 6.33. The van der Waals surface area contributed by atoms with E-state index in [9.17, 15) is 22.9 Å². The molecule has 0 spiro atoms. The third kappa shape index (κ3) is 3.74. The van der Waals surface area contributed by atoms with Gasteiger partial charge in [-0.3, -0.25) is 9.52 Å². The highest BCUT2D eigenvalue weighted by molar-refractivity contribution is 7.90. The summed E-state index contributed by atoms with van der Waals surface area (Å²) in [6, 6.07) is 4.97. The van der Waals surface area contributed by atoms with Crippen molar-refractivity contribution in [3.63, 3.8) is 0 Å². The van der Waals surface area contributed by atoms with Gasteiger partial charge in [-0.25, -0.2) is 13.8 Å². The Balaban J connectivity index is 1.75. The number of anilines is 1. The molecule has 3 aromatic rings. The number of nitrogens with one attached hydrogen (secondary N) is 2. The minimum atomic E-state index is -4.14. The summed E-state index contributed by atoms with van der Waals surface area (Å²) in [7, 11) is -4.14. The van der Waals surface area contributed by atoms with Gasteiger partial charge in [0.2, 0.25) is 5.78 Å². The maximum Gasteiger partial charge on any atom is 0.301 e. The highest BCUT2D eigenvalue weighted by Crippen LogP contribution is 2.29. The third-order valence-electron chi connectivity index (χ3n) is 4.81. The molecule has 1 aliphatic heterocycles. The van der Waals surface area contributed by atoms with Crippen molar-refractivity contribution in [3.8, 4) is 6.07 Å². The number of hydrogen-bond donors (Lipinski definition) is 2. The van der Waals surface area contributed by atoms with E-state index >= 15 is 4.39 Å². The molecular weight excluding hydrogens is 432 g/mol. The largest absolute Gasteiger partial charge is 0.379 e. The highest BCUT2D eigenvalue weighted by Gasteiger charge is 2.29. The van der Waals surface area contributed by atoms with Gasteiger partial charge in [0, 0.05) is 30.9 Å². The molecule has 0 radical (unpaired) electrons. The lowest BCUT2D eigenvalue weighted by atomic mass is 10.00. The molecule has 1 saturated heterocycles. The van der Waals surface area contributed by atoms with Crippen LogP contribution in [0.5, 0.6) is 0 Å². The van der Waals surface area contributed by atoms with Crippen molar-refractivity contribution >= 4 is 32.7 Å². The fourth-order valence-electron chi connectivity index (χ4n) is 3.29. The van der Waals surface area contributed by atoms with Gasteiger partial charge in [-0.05, 0) is 18.2 Å². The first kappa shape index (κ1) is 20.9. The lowest BCUT2D eigenvalue weighted by Crippen LogP contribution is -2.43. The zero-order valence-electron chi connectivity index (χ0n) is 15.9. The molecule has 0 amide bonds. The SMILES string of the molecule is N#Cc1ccnc2[nH]cc(C(=O)c3c(F)ccc(NS(=O)(=O)N4CCOCC4)c3F)c12. The van der Waals surface area contributed by atoms with Crippen LogP contribution in [0.1, 0.15) is 21.5 Å². The summed E-state index contributed by atoms with van der Waals surface area (Å²) in [6.45, 7) is 0.519. The number of morpholine rings is 1. The summed E-state index contributed by atoms with van der Waals surface area (Å²) in [6.07, 6.45) is 2.55. The Morgan fingerprint density at radius 2 is 2.00 bits per heavy atom. The van der Waals surface area contributed by atoms with Crippen molar-refractivity contribution in [1.29, 1.82) is 5.26 Å². The maximum atomic E-state index is 15.1. The number of hydrogen-bond acceptors (Lipinski definition) is 6. The van der Waals surface area contributed by atoms with E-state index < -0.39 is 38.9 Å². The first-order chi connectivity index (χ1) is 14.8. The molecule has 12 heteroatoms. The van der Waals surface area contributed by atoms with E-state index in [0.29, 0.717) is 0 Å². The molecule has 0 bridgehead atoms. The van der Waals surface area contributed by atoms with Gasteiger partial charge in [0.05, 0.1) is 41.7 Å². The minimum Gasteiger partial charge on any atom is -0.379 e. The number of aromatic nitrogens is 2. The van der Waals surface area contributed by atoms with Crippen LogP contribution < -0.4 is 4.72 Å². The molecule has 0 saturated carbocycles. The maximum absolute atomic E-state index is 15.1. The van der Waals surface area contributed by atoms with Gasteiger partial charge in [0.25, 0.3) is 0 Å². The summed E-state index contributed by atoms with van der Waals surface area (Å²) in [5.74, 6) is -3.59. The number of H-pyrrole nitrogens is 1. The molecule has 3 heterocycles. The number of aromatic amines is 1. The van der Waals surface area contributed by atoms with Crippen LogP contribution in [0, 0.1) is 23.0 Å². The summed E-state index contributed by atoms with van der Waals surface area (Å²) in [5.41, 5.74) is -1.39. The molecule has 1 aliphatic rings. The van der Waals surface area contributed by atoms with E-state index in [-0.39, 0.29) is 48.5 Å². The molecule has 0 atom stereocenters. The first-order valence-electron chi connectivity index (χ1n) is 9.08. The Morgan fingerprint density at radius 3 is 2.71 bits per heavy atom. The van der Waals surface area contributed by atoms with E-state index in [4.69, 9.17) is 4.74 Å². The predicted molar refractivity (Wildman–Crippen MR) is 106 cm³/mol. The summed E-state index contributed by atoms with van der Waals surface area (Å²) >= 11 is 0. The molecular formula is C19H15F2N5O4S. The number of ketones is 1. The molecule has 0 aliphatic carbocycles. The summed E-state index contributed by atoms with van der Waals surface area (Å²) in [5, 5.41) is 9.41.